The standard InChI is InChI=1S/C17H11ClFN3O4/c1-25-15-7-2-10(9-14(15)19)8-13(18)17-21-20-16(26-17)11-3-5-12(6-4-11)22(23)24/h2-9H,1H3/b13-8-. The van der Waals surface area contributed by atoms with Crippen LogP contribution in [-0.2, 0) is 0 Å². The average Bonchev–Trinajstić information content (AvgIpc) is 3.12. The molecule has 0 radical (unpaired) electrons. The van der Waals surface area contributed by atoms with Crippen LogP contribution in [-0.4, -0.2) is 22.2 Å². The fourth-order valence-electron chi connectivity index (χ4n) is 2.14. The molecule has 0 saturated heterocycles. The Balaban J connectivity index is 1.84. The van der Waals surface area contributed by atoms with Gasteiger partial charge in [-0.2, -0.15) is 0 Å². The molecule has 0 aliphatic heterocycles. The first-order valence-electron chi connectivity index (χ1n) is 7.27. The molecule has 0 atom stereocenters. The molecular formula is C17H11ClFN3O4. The molecule has 0 aliphatic rings. The van der Waals surface area contributed by atoms with Crippen LogP contribution >= 0.6 is 11.6 Å². The molecular weight excluding hydrogens is 365 g/mol. The molecule has 1 aromatic heterocycles. The van der Waals surface area contributed by atoms with Crippen molar-refractivity contribution in [2.75, 3.05) is 7.11 Å². The molecule has 2 aromatic carbocycles. The highest BCUT2D eigenvalue weighted by atomic mass is 35.5. The lowest BCUT2D eigenvalue weighted by Gasteiger charge is -2.02. The second-order valence-corrected chi connectivity index (χ2v) is 5.51. The Morgan fingerprint density at radius 2 is 2.00 bits per heavy atom. The second-order valence-electron chi connectivity index (χ2n) is 5.10. The lowest BCUT2D eigenvalue weighted by atomic mass is 10.2. The van der Waals surface area contributed by atoms with E-state index in [9.17, 15) is 14.5 Å². The number of halogens is 2. The van der Waals surface area contributed by atoms with Crippen molar-refractivity contribution in [3.8, 4) is 17.2 Å². The van der Waals surface area contributed by atoms with Gasteiger partial charge in [0, 0.05) is 17.7 Å². The maximum atomic E-state index is 13.7. The molecule has 3 aromatic rings. The van der Waals surface area contributed by atoms with Crippen molar-refractivity contribution < 1.29 is 18.5 Å². The molecule has 0 N–H and O–H groups in total. The molecule has 0 saturated carbocycles. The minimum absolute atomic E-state index is 0.0382. The van der Waals surface area contributed by atoms with E-state index in [0.717, 1.165) is 0 Å². The highest BCUT2D eigenvalue weighted by molar-refractivity contribution is 6.50. The molecule has 0 bridgehead atoms. The van der Waals surface area contributed by atoms with Gasteiger partial charge in [0.1, 0.15) is 5.03 Å². The highest BCUT2D eigenvalue weighted by Gasteiger charge is 2.13. The van der Waals surface area contributed by atoms with Gasteiger partial charge in [0.25, 0.3) is 11.6 Å². The second kappa shape index (κ2) is 7.32. The summed E-state index contributed by atoms with van der Waals surface area (Å²) >= 11 is 6.16. The number of aromatic nitrogens is 2. The van der Waals surface area contributed by atoms with Crippen LogP contribution in [0.25, 0.3) is 22.6 Å². The van der Waals surface area contributed by atoms with Gasteiger partial charge in [-0.1, -0.05) is 17.7 Å². The third-order valence-corrected chi connectivity index (χ3v) is 3.69. The minimum atomic E-state index is -0.525. The quantitative estimate of drug-likeness (QED) is 0.480. The van der Waals surface area contributed by atoms with Gasteiger partial charge in [0.05, 0.1) is 12.0 Å². The van der Waals surface area contributed by atoms with E-state index in [0.29, 0.717) is 11.1 Å². The summed E-state index contributed by atoms with van der Waals surface area (Å²) in [7, 11) is 1.37. The molecule has 0 spiro atoms. The van der Waals surface area contributed by atoms with Crippen LogP contribution in [0.15, 0.2) is 46.9 Å². The van der Waals surface area contributed by atoms with Gasteiger partial charge < -0.3 is 9.15 Å². The van der Waals surface area contributed by atoms with Crippen LogP contribution in [0.2, 0.25) is 0 Å². The molecule has 1 heterocycles. The third kappa shape index (κ3) is 3.70. The summed E-state index contributed by atoms with van der Waals surface area (Å²) in [6.45, 7) is 0. The number of hydrogen-bond donors (Lipinski definition) is 0. The number of non-ortho nitro benzene ring substituents is 1. The van der Waals surface area contributed by atoms with E-state index in [-0.39, 0.29) is 28.3 Å². The number of methoxy groups -OCH3 is 1. The SMILES string of the molecule is COc1ccc(/C=C(\Cl)c2nnc(-c3ccc([N+](=O)[O-])cc3)o2)cc1F. The summed E-state index contributed by atoms with van der Waals surface area (Å²) in [6.07, 6.45) is 1.47. The van der Waals surface area contributed by atoms with Gasteiger partial charge in [-0.3, -0.25) is 10.1 Å². The lowest BCUT2D eigenvalue weighted by molar-refractivity contribution is -0.384. The lowest BCUT2D eigenvalue weighted by Crippen LogP contribution is -1.88. The van der Waals surface area contributed by atoms with Crippen LogP contribution in [0.4, 0.5) is 10.1 Å². The summed E-state index contributed by atoms with van der Waals surface area (Å²) in [5, 5.41) is 18.5. The average molecular weight is 376 g/mol. The van der Waals surface area contributed by atoms with Crippen molar-refractivity contribution in [3.63, 3.8) is 0 Å². The van der Waals surface area contributed by atoms with Gasteiger partial charge in [-0.25, -0.2) is 4.39 Å². The number of rotatable bonds is 5. The Bertz CT molecular complexity index is 986. The van der Waals surface area contributed by atoms with Crippen molar-refractivity contribution in [1.29, 1.82) is 0 Å². The zero-order valence-electron chi connectivity index (χ0n) is 13.3. The Morgan fingerprint density at radius 3 is 2.62 bits per heavy atom. The van der Waals surface area contributed by atoms with Gasteiger partial charge >= 0.3 is 0 Å². The van der Waals surface area contributed by atoms with E-state index < -0.39 is 10.7 Å². The van der Waals surface area contributed by atoms with Gasteiger partial charge in [-0.05, 0) is 35.9 Å². The van der Waals surface area contributed by atoms with E-state index in [1.807, 2.05) is 0 Å². The third-order valence-electron chi connectivity index (χ3n) is 3.42. The topological polar surface area (TPSA) is 91.3 Å². The Kier molecular flexibility index (Phi) is 4.94. The Labute approximate surface area is 151 Å². The van der Waals surface area contributed by atoms with Gasteiger partial charge in [0.2, 0.25) is 5.89 Å². The first-order chi connectivity index (χ1) is 12.5. The van der Waals surface area contributed by atoms with E-state index in [2.05, 4.69) is 10.2 Å². The monoisotopic (exact) mass is 375 g/mol. The summed E-state index contributed by atoms with van der Waals surface area (Å²) in [5.74, 6) is -0.210. The molecule has 0 aliphatic carbocycles. The number of nitrogens with zero attached hydrogens (tertiary/aromatic N) is 3. The van der Waals surface area contributed by atoms with Crippen molar-refractivity contribution in [1.82, 2.24) is 10.2 Å². The van der Waals surface area contributed by atoms with E-state index in [1.54, 1.807) is 6.07 Å². The summed E-state index contributed by atoms with van der Waals surface area (Å²) in [5.41, 5.74) is 0.950. The van der Waals surface area contributed by atoms with Crippen LogP contribution in [0.5, 0.6) is 5.75 Å². The fourth-order valence-corrected chi connectivity index (χ4v) is 2.34. The summed E-state index contributed by atoms with van der Waals surface area (Å²) in [4.78, 5) is 10.2. The molecule has 9 heteroatoms. The van der Waals surface area contributed by atoms with Crippen molar-refractivity contribution in [2.45, 2.75) is 0 Å². The highest BCUT2D eigenvalue weighted by Crippen LogP contribution is 2.27. The fraction of sp³-hybridized carbons (Fsp3) is 0.0588. The predicted molar refractivity (Wildman–Crippen MR) is 93.1 cm³/mol. The first-order valence-corrected chi connectivity index (χ1v) is 7.65. The van der Waals surface area contributed by atoms with Gasteiger partial charge in [-0.15, -0.1) is 10.2 Å². The molecule has 0 unspecified atom stereocenters. The number of nitro groups is 1. The van der Waals surface area contributed by atoms with Gasteiger partial charge in [0.15, 0.2) is 11.6 Å². The van der Waals surface area contributed by atoms with Crippen molar-refractivity contribution in [3.05, 3.63) is 69.9 Å². The van der Waals surface area contributed by atoms with Crippen LogP contribution in [0, 0.1) is 15.9 Å². The first kappa shape index (κ1) is 17.6. The normalized spacial score (nSPS) is 11.4. The van der Waals surface area contributed by atoms with Crippen LogP contribution in [0.3, 0.4) is 0 Å². The number of benzene rings is 2. The van der Waals surface area contributed by atoms with Crippen LogP contribution < -0.4 is 4.74 Å². The summed E-state index contributed by atoms with van der Waals surface area (Å²) in [6, 6.07) is 10.00. The maximum absolute atomic E-state index is 13.7. The summed E-state index contributed by atoms with van der Waals surface area (Å²) < 4.78 is 24.0. The predicted octanol–water partition coefficient (Wildman–Crippen LogP) is 4.53. The molecule has 0 amide bonds. The van der Waals surface area contributed by atoms with E-state index in [1.165, 1.54) is 49.6 Å². The number of ether oxygens (including phenoxy) is 1. The zero-order valence-corrected chi connectivity index (χ0v) is 14.1. The van der Waals surface area contributed by atoms with Crippen LogP contribution in [0.1, 0.15) is 11.5 Å². The molecule has 26 heavy (non-hydrogen) atoms. The smallest absolute Gasteiger partial charge is 0.269 e. The minimum Gasteiger partial charge on any atom is -0.494 e. The number of nitro benzene ring substituents is 1. The maximum Gasteiger partial charge on any atom is 0.269 e. The van der Waals surface area contributed by atoms with E-state index >= 15 is 0 Å². The zero-order chi connectivity index (χ0) is 18.7. The molecule has 132 valence electrons. The molecule has 0 fully saturated rings. The largest absolute Gasteiger partial charge is 0.494 e. The van der Waals surface area contributed by atoms with E-state index in [4.69, 9.17) is 20.8 Å². The van der Waals surface area contributed by atoms with Crippen molar-refractivity contribution >= 4 is 28.4 Å². The van der Waals surface area contributed by atoms with Crippen molar-refractivity contribution in [2.24, 2.45) is 0 Å². The Hall–Kier alpha value is -3.26. The molecule has 3 rings (SSSR count). The number of hydrogen-bond acceptors (Lipinski definition) is 6. The Morgan fingerprint density at radius 1 is 1.27 bits per heavy atom. The molecule has 7 nitrogen and oxygen atoms in total.